The zero-order valence-corrected chi connectivity index (χ0v) is 25.1. The number of fused-ring (bicyclic) bond motifs is 1. The number of ether oxygens (including phenoxy) is 2. The minimum absolute atomic E-state index is 0.0636. The fraction of sp³-hybridized carbons (Fsp3) is 0.310. The first-order valence-electron chi connectivity index (χ1n) is 13.1. The van der Waals surface area contributed by atoms with Gasteiger partial charge in [0.25, 0.3) is 10.0 Å². The van der Waals surface area contributed by atoms with Crippen LogP contribution in [0.4, 0.5) is 10.1 Å². The van der Waals surface area contributed by atoms with Gasteiger partial charge in [-0.15, -0.1) is 0 Å². The number of rotatable bonds is 11. The summed E-state index contributed by atoms with van der Waals surface area (Å²) < 4.78 is 54.6. The zero-order chi connectivity index (χ0) is 29.6. The molecule has 0 saturated heterocycles. The van der Waals surface area contributed by atoms with Crippen molar-refractivity contribution < 1.29 is 31.9 Å². The second kappa shape index (κ2) is 13.3. The Kier molecular flexibility index (Phi) is 9.87. The normalized spacial score (nSPS) is 13.3. The third kappa shape index (κ3) is 7.36. The van der Waals surface area contributed by atoms with E-state index in [1.165, 1.54) is 35.2 Å². The van der Waals surface area contributed by atoms with Gasteiger partial charge in [0.2, 0.25) is 11.8 Å². The van der Waals surface area contributed by atoms with Crippen LogP contribution in [0.25, 0.3) is 0 Å². The molecule has 1 aliphatic heterocycles. The number of nitrogens with one attached hydrogen (secondary N) is 1. The van der Waals surface area contributed by atoms with E-state index in [2.05, 4.69) is 21.2 Å². The van der Waals surface area contributed by atoms with Crippen molar-refractivity contribution in [1.29, 1.82) is 0 Å². The Balaban J connectivity index is 1.71. The minimum Gasteiger partial charge on any atom is -0.486 e. The quantitative estimate of drug-likeness (QED) is 0.329. The second-order valence-corrected chi connectivity index (χ2v) is 12.2. The van der Waals surface area contributed by atoms with E-state index in [-0.39, 0.29) is 35.4 Å². The average molecular weight is 649 g/mol. The number of nitrogens with zero attached hydrogens (tertiary/aromatic N) is 2. The van der Waals surface area contributed by atoms with Gasteiger partial charge in [-0.25, -0.2) is 12.8 Å². The smallest absolute Gasteiger partial charge is 0.264 e. The SMILES string of the molecule is CCCNC(=O)[C@H](C)N(Cc1ccc(Br)cc1)C(=O)CN(c1ccc(F)cc1)S(=O)(=O)c1ccc2c(c1)OCCO2. The molecule has 12 heteroatoms. The first-order valence-corrected chi connectivity index (χ1v) is 15.3. The van der Waals surface area contributed by atoms with Crippen LogP contribution < -0.4 is 19.1 Å². The fourth-order valence-corrected chi connectivity index (χ4v) is 5.91. The molecule has 218 valence electrons. The Bertz CT molecular complexity index is 1490. The third-order valence-corrected chi connectivity index (χ3v) is 8.78. The highest BCUT2D eigenvalue weighted by molar-refractivity contribution is 9.10. The monoisotopic (exact) mass is 647 g/mol. The van der Waals surface area contributed by atoms with Crippen molar-refractivity contribution in [1.82, 2.24) is 10.2 Å². The van der Waals surface area contributed by atoms with Crippen LogP contribution in [0.2, 0.25) is 0 Å². The van der Waals surface area contributed by atoms with Crippen LogP contribution >= 0.6 is 15.9 Å². The van der Waals surface area contributed by atoms with Crippen LogP contribution in [-0.2, 0) is 26.2 Å². The Morgan fingerprint density at radius 2 is 1.66 bits per heavy atom. The number of benzene rings is 3. The molecule has 1 N–H and O–H groups in total. The highest BCUT2D eigenvalue weighted by Crippen LogP contribution is 2.34. The molecule has 4 rings (SSSR count). The molecule has 3 aromatic rings. The first kappa shape index (κ1) is 30.3. The minimum atomic E-state index is -4.35. The van der Waals surface area contributed by atoms with Crippen LogP contribution in [0.1, 0.15) is 25.8 Å². The molecule has 1 atom stereocenters. The van der Waals surface area contributed by atoms with Crippen molar-refractivity contribution >= 4 is 43.5 Å². The molecule has 1 heterocycles. The Morgan fingerprint density at radius 1 is 1.00 bits per heavy atom. The number of halogens is 2. The van der Waals surface area contributed by atoms with Gasteiger partial charge in [-0.3, -0.25) is 13.9 Å². The zero-order valence-electron chi connectivity index (χ0n) is 22.7. The molecule has 2 amide bonds. The van der Waals surface area contributed by atoms with Crippen LogP contribution in [0, 0.1) is 5.82 Å². The summed E-state index contributed by atoms with van der Waals surface area (Å²) in [5.74, 6) is -0.860. The van der Waals surface area contributed by atoms with Gasteiger partial charge >= 0.3 is 0 Å². The van der Waals surface area contributed by atoms with Crippen LogP contribution in [0.3, 0.4) is 0 Å². The highest BCUT2D eigenvalue weighted by Gasteiger charge is 2.33. The fourth-order valence-electron chi connectivity index (χ4n) is 4.21. The molecule has 41 heavy (non-hydrogen) atoms. The number of hydrogen-bond acceptors (Lipinski definition) is 6. The van der Waals surface area contributed by atoms with E-state index in [1.807, 2.05) is 31.2 Å². The summed E-state index contributed by atoms with van der Waals surface area (Å²) in [6.07, 6.45) is 0.714. The largest absolute Gasteiger partial charge is 0.486 e. The number of sulfonamides is 1. The molecule has 0 bridgehead atoms. The second-order valence-electron chi connectivity index (χ2n) is 9.41. The van der Waals surface area contributed by atoms with Crippen molar-refractivity contribution in [3.05, 3.63) is 82.6 Å². The van der Waals surface area contributed by atoms with Gasteiger partial charge in [0.05, 0.1) is 10.6 Å². The van der Waals surface area contributed by atoms with Crippen molar-refractivity contribution in [3.8, 4) is 11.5 Å². The summed E-state index contributed by atoms with van der Waals surface area (Å²) in [6.45, 7) is 3.98. The lowest BCUT2D eigenvalue weighted by Crippen LogP contribution is -2.51. The van der Waals surface area contributed by atoms with Gasteiger partial charge < -0.3 is 19.7 Å². The van der Waals surface area contributed by atoms with Gasteiger partial charge in [0.1, 0.15) is 31.6 Å². The molecule has 0 unspecified atom stereocenters. The molecule has 0 spiro atoms. The molecule has 1 aliphatic rings. The maximum absolute atomic E-state index is 14.0. The summed E-state index contributed by atoms with van der Waals surface area (Å²) >= 11 is 3.39. The number of carbonyl (C=O) groups is 2. The van der Waals surface area contributed by atoms with E-state index in [0.29, 0.717) is 25.3 Å². The summed E-state index contributed by atoms with van der Waals surface area (Å²) in [5, 5.41) is 2.80. The summed E-state index contributed by atoms with van der Waals surface area (Å²) in [6, 6.07) is 15.4. The van der Waals surface area contributed by atoms with Gasteiger partial charge in [0.15, 0.2) is 11.5 Å². The predicted octanol–water partition coefficient (Wildman–Crippen LogP) is 4.50. The van der Waals surface area contributed by atoms with E-state index in [4.69, 9.17) is 9.47 Å². The number of hydrogen-bond donors (Lipinski definition) is 1. The Hall–Kier alpha value is -3.64. The lowest BCUT2D eigenvalue weighted by atomic mass is 10.1. The molecular weight excluding hydrogens is 617 g/mol. The van der Waals surface area contributed by atoms with Crippen LogP contribution in [-0.4, -0.2) is 57.5 Å². The molecule has 0 radical (unpaired) electrons. The molecule has 9 nitrogen and oxygen atoms in total. The first-order chi connectivity index (χ1) is 19.6. The van der Waals surface area contributed by atoms with Gasteiger partial charge in [-0.1, -0.05) is 35.0 Å². The highest BCUT2D eigenvalue weighted by atomic mass is 79.9. The number of anilines is 1. The van der Waals surface area contributed by atoms with E-state index >= 15 is 0 Å². The van der Waals surface area contributed by atoms with Gasteiger partial charge in [0, 0.05) is 23.6 Å². The topological polar surface area (TPSA) is 105 Å². The van der Waals surface area contributed by atoms with Crippen molar-refractivity contribution in [2.45, 2.75) is 37.8 Å². The van der Waals surface area contributed by atoms with E-state index in [9.17, 15) is 22.4 Å². The molecule has 0 fully saturated rings. The summed E-state index contributed by atoms with van der Waals surface area (Å²) in [5.41, 5.74) is 0.834. The van der Waals surface area contributed by atoms with Crippen molar-refractivity contribution in [3.63, 3.8) is 0 Å². The van der Waals surface area contributed by atoms with E-state index in [1.54, 1.807) is 6.92 Å². The molecule has 0 aliphatic carbocycles. The Labute approximate surface area is 247 Å². The van der Waals surface area contributed by atoms with Crippen LogP contribution in [0.5, 0.6) is 11.5 Å². The third-order valence-electron chi connectivity index (χ3n) is 6.48. The molecule has 0 aromatic heterocycles. The lowest BCUT2D eigenvalue weighted by Gasteiger charge is -2.32. The average Bonchev–Trinajstić information content (AvgIpc) is 2.98. The van der Waals surface area contributed by atoms with E-state index < -0.39 is 34.3 Å². The van der Waals surface area contributed by atoms with Crippen molar-refractivity contribution in [2.75, 3.05) is 30.6 Å². The standard InChI is InChI=1S/C29H31BrFN3O6S/c1-3-14-32-29(36)20(2)33(18-21-4-6-22(30)7-5-21)28(35)19-34(24-10-8-23(31)9-11-24)41(37,38)25-12-13-26-27(17-25)40-16-15-39-26/h4-13,17,20H,3,14-16,18-19H2,1-2H3,(H,32,36)/t20-/m0/s1. The van der Waals surface area contributed by atoms with Crippen molar-refractivity contribution in [2.24, 2.45) is 0 Å². The predicted molar refractivity (Wildman–Crippen MR) is 156 cm³/mol. The number of amides is 2. The number of carbonyl (C=O) groups excluding carboxylic acids is 2. The maximum Gasteiger partial charge on any atom is 0.264 e. The van der Waals surface area contributed by atoms with E-state index in [0.717, 1.165) is 26.5 Å². The molecule has 0 saturated carbocycles. The summed E-state index contributed by atoms with van der Waals surface area (Å²) in [4.78, 5) is 28.0. The summed E-state index contributed by atoms with van der Waals surface area (Å²) in [7, 11) is -4.35. The Morgan fingerprint density at radius 3 is 2.32 bits per heavy atom. The van der Waals surface area contributed by atoms with Gasteiger partial charge in [-0.2, -0.15) is 0 Å². The lowest BCUT2D eigenvalue weighted by molar-refractivity contribution is -0.139. The van der Waals surface area contributed by atoms with Gasteiger partial charge in [-0.05, 0) is 67.4 Å². The molecular formula is C29H31BrFN3O6S. The molecule has 3 aromatic carbocycles. The maximum atomic E-state index is 14.0. The van der Waals surface area contributed by atoms with Crippen LogP contribution in [0.15, 0.2) is 76.1 Å².